The normalized spacial score (nSPS) is 10.4. The Kier molecular flexibility index (Phi) is 6.44. The van der Waals surface area contributed by atoms with Gasteiger partial charge < -0.3 is 15.4 Å². The summed E-state index contributed by atoms with van der Waals surface area (Å²) in [5, 5.41) is 7.50. The van der Waals surface area contributed by atoms with Crippen LogP contribution in [0.2, 0.25) is 0 Å². The number of nitrogens with one attached hydrogen (secondary N) is 2. The van der Waals surface area contributed by atoms with Gasteiger partial charge in [0.2, 0.25) is 0 Å². The molecule has 0 amide bonds. The fraction of sp³-hybridized carbons (Fsp3) is 0.182. The van der Waals surface area contributed by atoms with Crippen LogP contribution in [-0.2, 0) is 11.2 Å². The minimum atomic E-state index is -0.382. The molecule has 0 saturated heterocycles. The summed E-state index contributed by atoms with van der Waals surface area (Å²) in [5.74, 6) is -0.382. The average Bonchev–Trinajstić information content (AvgIpc) is 3.07. The summed E-state index contributed by atoms with van der Waals surface area (Å²) < 4.78 is 4.94. The van der Waals surface area contributed by atoms with Crippen LogP contribution < -0.4 is 10.6 Å². The predicted molar refractivity (Wildman–Crippen MR) is 121 cm³/mol. The van der Waals surface area contributed by atoms with Crippen LogP contribution in [0.25, 0.3) is 0 Å². The summed E-state index contributed by atoms with van der Waals surface area (Å²) >= 11 is 6.98. The molecular formula is C22H22N2O2S2. The van der Waals surface area contributed by atoms with Gasteiger partial charge in [0.25, 0.3) is 0 Å². The van der Waals surface area contributed by atoms with Crippen LogP contribution >= 0.6 is 23.6 Å². The van der Waals surface area contributed by atoms with Gasteiger partial charge in [0.15, 0.2) is 5.11 Å². The third kappa shape index (κ3) is 4.77. The van der Waals surface area contributed by atoms with Crippen molar-refractivity contribution in [3.05, 3.63) is 81.7 Å². The van der Waals surface area contributed by atoms with Gasteiger partial charge in [0.1, 0.15) is 5.00 Å². The van der Waals surface area contributed by atoms with Crippen molar-refractivity contribution in [1.29, 1.82) is 0 Å². The third-order valence-corrected chi connectivity index (χ3v) is 5.74. The zero-order valence-electron chi connectivity index (χ0n) is 16.0. The molecule has 0 spiro atoms. The van der Waals surface area contributed by atoms with E-state index >= 15 is 0 Å². The number of methoxy groups -OCH3 is 1. The van der Waals surface area contributed by atoms with E-state index < -0.39 is 0 Å². The van der Waals surface area contributed by atoms with Gasteiger partial charge in [-0.2, -0.15) is 0 Å². The molecule has 0 radical (unpaired) electrons. The number of carbonyl (C=O) groups excluding carboxylic acids is 1. The highest BCUT2D eigenvalue weighted by Gasteiger charge is 2.18. The van der Waals surface area contributed by atoms with Crippen molar-refractivity contribution in [2.45, 2.75) is 20.3 Å². The van der Waals surface area contributed by atoms with Crippen LogP contribution in [0.15, 0.2) is 54.6 Å². The Labute approximate surface area is 174 Å². The summed E-state index contributed by atoms with van der Waals surface area (Å²) in [6.07, 6.45) is 0.744. The first-order chi connectivity index (χ1) is 13.5. The molecule has 3 aromatic rings. The summed E-state index contributed by atoms with van der Waals surface area (Å²) in [6.45, 7) is 4.10. The molecule has 0 fully saturated rings. The second-order valence-electron chi connectivity index (χ2n) is 6.44. The zero-order chi connectivity index (χ0) is 20.1. The zero-order valence-corrected chi connectivity index (χ0v) is 17.7. The number of carbonyl (C=O) groups is 1. The predicted octanol–water partition coefficient (Wildman–Crippen LogP) is 5.55. The fourth-order valence-corrected chi connectivity index (χ4v) is 4.18. The number of rotatable bonds is 5. The molecule has 0 saturated carbocycles. The molecule has 2 N–H and O–H groups in total. The van der Waals surface area contributed by atoms with Gasteiger partial charge in [-0.25, -0.2) is 4.79 Å². The van der Waals surface area contributed by atoms with Crippen molar-refractivity contribution in [1.82, 2.24) is 0 Å². The second-order valence-corrected chi connectivity index (χ2v) is 7.98. The SMILES string of the molecule is COC(=O)c1cc(Cc2ccccc2)sc1NC(=S)Nc1cccc(C)c1C. The third-order valence-electron chi connectivity index (χ3n) is 4.49. The number of benzene rings is 2. The van der Waals surface area contributed by atoms with Crippen LogP contribution in [0, 0.1) is 13.8 Å². The minimum Gasteiger partial charge on any atom is -0.465 e. The van der Waals surface area contributed by atoms with Gasteiger partial charge >= 0.3 is 5.97 Å². The molecule has 6 heteroatoms. The molecule has 3 rings (SSSR count). The summed E-state index contributed by atoms with van der Waals surface area (Å²) in [5.41, 5.74) is 4.93. The first-order valence-corrected chi connectivity index (χ1v) is 10.1. The van der Waals surface area contributed by atoms with Gasteiger partial charge in [-0.3, -0.25) is 0 Å². The number of hydrogen-bond donors (Lipinski definition) is 2. The Morgan fingerprint density at radius 2 is 1.82 bits per heavy atom. The summed E-state index contributed by atoms with van der Waals surface area (Å²) in [7, 11) is 1.38. The molecule has 0 aliphatic rings. The van der Waals surface area contributed by atoms with Crippen molar-refractivity contribution in [2.75, 3.05) is 17.7 Å². The Morgan fingerprint density at radius 3 is 2.54 bits per heavy atom. The van der Waals surface area contributed by atoms with E-state index in [1.165, 1.54) is 29.6 Å². The number of thiocarbonyl (C=S) groups is 1. The van der Waals surface area contributed by atoms with E-state index in [0.717, 1.165) is 22.5 Å². The van der Waals surface area contributed by atoms with Gasteiger partial charge in [0.05, 0.1) is 12.7 Å². The van der Waals surface area contributed by atoms with Crippen LogP contribution in [0.4, 0.5) is 10.7 Å². The Hall–Kier alpha value is -2.70. The van der Waals surface area contributed by atoms with Crippen LogP contribution in [0.3, 0.4) is 0 Å². The first kappa shape index (κ1) is 20.0. The molecule has 4 nitrogen and oxygen atoms in total. The number of aryl methyl sites for hydroxylation is 1. The largest absolute Gasteiger partial charge is 0.465 e. The maximum Gasteiger partial charge on any atom is 0.340 e. The molecule has 0 atom stereocenters. The Bertz CT molecular complexity index is 997. The number of anilines is 2. The van der Waals surface area contributed by atoms with Crippen LogP contribution in [0.1, 0.15) is 31.9 Å². The molecular weight excluding hydrogens is 388 g/mol. The Balaban J connectivity index is 1.80. The molecule has 2 aromatic carbocycles. The van der Waals surface area contributed by atoms with Gasteiger partial charge in [-0.15, -0.1) is 11.3 Å². The minimum absolute atomic E-state index is 0.382. The number of thiophene rings is 1. The lowest BCUT2D eigenvalue weighted by molar-refractivity contribution is 0.0602. The van der Waals surface area contributed by atoms with Gasteiger partial charge in [-0.05, 0) is 54.9 Å². The lowest BCUT2D eigenvalue weighted by Crippen LogP contribution is -2.20. The van der Waals surface area contributed by atoms with E-state index in [0.29, 0.717) is 15.7 Å². The standard InChI is InChI=1S/C22H22N2O2S2/c1-14-8-7-11-19(15(14)2)23-22(27)24-20-18(21(25)26-3)13-17(28-20)12-16-9-5-4-6-10-16/h4-11,13H,12H2,1-3H3,(H2,23,24,27). The monoisotopic (exact) mass is 410 g/mol. The average molecular weight is 411 g/mol. The van der Waals surface area contributed by atoms with E-state index in [1.54, 1.807) is 0 Å². The van der Waals surface area contributed by atoms with Crippen LogP contribution in [-0.4, -0.2) is 18.2 Å². The summed E-state index contributed by atoms with van der Waals surface area (Å²) in [6, 6.07) is 18.0. The number of ether oxygens (including phenoxy) is 1. The smallest absolute Gasteiger partial charge is 0.340 e. The molecule has 0 aliphatic carbocycles. The van der Waals surface area contributed by atoms with Crippen molar-refractivity contribution in [3.63, 3.8) is 0 Å². The highest BCUT2D eigenvalue weighted by Crippen LogP contribution is 2.31. The van der Waals surface area contributed by atoms with Gasteiger partial charge in [0, 0.05) is 17.0 Å². The topological polar surface area (TPSA) is 50.4 Å². The van der Waals surface area contributed by atoms with Crippen LogP contribution in [0.5, 0.6) is 0 Å². The van der Waals surface area contributed by atoms with Crippen molar-refractivity contribution >= 4 is 45.3 Å². The molecule has 28 heavy (non-hydrogen) atoms. The van der Waals surface area contributed by atoms with E-state index in [9.17, 15) is 4.79 Å². The van der Waals surface area contributed by atoms with Gasteiger partial charge in [-0.1, -0.05) is 42.5 Å². The summed E-state index contributed by atoms with van der Waals surface area (Å²) in [4.78, 5) is 13.3. The van der Waals surface area contributed by atoms with E-state index in [4.69, 9.17) is 17.0 Å². The second kappa shape index (κ2) is 8.99. The van der Waals surface area contributed by atoms with Crippen molar-refractivity contribution in [3.8, 4) is 0 Å². The number of esters is 1. The van der Waals surface area contributed by atoms with E-state index in [1.807, 2.05) is 43.3 Å². The molecule has 0 aliphatic heterocycles. The molecule has 0 unspecified atom stereocenters. The lowest BCUT2D eigenvalue weighted by Gasteiger charge is -2.13. The van der Waals surface area contributed by atoms with Crippen molar-refractivity contribution < 1.29 is 9.53 Å². The fourth-order valence-electron chi connectivity index (χ4n) is 2.82. The molecule has 0 bridgehead atoms. The maximum atomic E-state index is 12.2. The number of hydrogen-bond acceptors (Lipinski definition) is 4. The molecule has 144 valence electrons. The molecule has 1 heterocycles. The quantitative estimate of drug-likeness (QED) is 0.426. The maximum absolute atomic E-state index is 12.2. The first-order valence-electron chi connectivity index (χ1n) is 8.87. The highest BCUT2D eigenvalue weighted by atomic mass is 32.1. The lowest BCUT2D eigenvalue weighted by atomic mass is 10.1. The Morgan fingerprint density at radius 1 is 1.07 bits per heavy atom. The molecule has 1 aromatic heterocycles. The highest BCUT2D eigenvalue weighted by molar-refractivity contribution is 7.80. The van der Waals surface area contributed by atoms with Crippen molar-refractivity contribution in [2.24, 2.45) is 0 Å². The van der Waals surface area contributed by atoms with E-state index in [2.05, 4.69) is 35.8 Å². The van der Waals surface area contributed by atoms with E-state index in [-0.39, 0.29) is 5.97 Å².